The topological polar surface area (TPSA) is 78.1 Å². The Labute approximate surface area is 111 Å². The summed E-state index contributed by atoms with van der Waals surface area (Å²) in [6.45, 7) is 0.697. The van der Waals surface area contributed by atoms with E-state index in [1.807, 2.05) is 0 Å². The molecule has 0 bridgehead atoms. The zero-order valence-electron chi connectivity index (χ0n) is 9.57. The van der Waals surface area contributed by atoms with Crippen molar-refractivity contribution >= 4 is 27.0 Å². The molecule has 2 aromatic rings. The summed E-state index contributed by atoms with van der Waals surface area (Å²) in [5.74, 6) is 0. The van der Waals surface area contributed by atoms with Gasteiger partial charge >= 0.3 is 5.69 Å². The molecule has 3 N–H and O–H groups in total. The van der Waals surface area contributed by atoms with Crippen LogP contribution in [-0.4, -0.2) is 27.8 Å². The van der Waals surface area contributed by atoms with Gasteiger partial charge in [-0.25, -0.2) is 4.79 Å². The SMILES string of the molecule is O=c1[nH]c2cc(Br)c(C(O)C3CCCO3)cc2[nH]1. The van der Waals surface area contributed by atoms with Crippen LogP contribution in [0.3, 0.4) is 0 Å². The van der Waals surface area contributed by atoms with E-state index in [1.165, 1.54) is 0 Å². The normalized spacial score (nSPS) is 21.6. The second kappa shape index (κ2) is 4.53. The summed E-state index contributed by atoms with van der Waals surface area (Å²) in [7, 11) is 0. The molecule has 1 aromatic carbocycles. The van der Waals surface area contributed by atoms with E-state index in [0.29, 0.717) is 12.1 Å². The molecule has 1 aliphatic rings. The minimum Gasteiger partial charge on any atom is -0.386 e. The smallest absolute Gasteiger partial charge is 0.323 e. The van der Waals surface area contributed by atoms with Crippen LogP contribution < -0.4 is 5.69 Å². The van der Waals surface area contributed by atoms with Crippen LogP contribution in [0.25, 0.3) is 11.0 Å². The van der Waals surface area contributed by atoms with Gasteiger partial charge in [0, 0.05) is 11.1 Å². The van der Waals surface area contributed by atoms with E-state index >= 15 is 0 Å². The van der Waals surface area contributed by atoms with Crippen LogP contribution in [0, 0.1) is 0 Å². The molecule has 1 aliphatic heterocycles. The second-order valence-corrected chi connectivity index (χ2v) is 5.35. The number of aliphatic hydroxyl groups excluding tert-OH is 1. The molecule has 96 valence electrons. The van der Waals surface area contributed by atoms with Gasteiger partial charge in [0.05, 0.1) is 17.1 Å². The summed E-state index contributed by atoms with van der Waals surface area (Å²) in [6, 6.07) is 3.57. The highest BCUT2D eigenvalue weighted by Crippen LogP contribution is 2.33. The molecule has 18 heavy (non-hydrogen) atoms. The molecule has 6 heteroatoms. The van der Waals surface area contributed by atoms with Crippen molar-refractivity contribution in [3.63, 3.8) is 0 Å². The van der Waals surface area contributed by atoms with Crippen molar-refractivity contribution in [2.75, 3.05) is 6.61 Å². The first-order chi connectivity index (χ1) is 8.65. The van der Waals surface area contributed by atoms with Crippen molar-refractivity contribution in [3.8, 4) is 0 Å². The third kappa shape index (κ3) is 2.00. The molecule has 2 atom stereocenters. The predicted molar refractivity (Wildman–Crippen MR) is 70.6 cm³/mol. The average Bonchev–Trinajstić information content (AvgIpc) is 2.94. The molecule has 0 amide bonds. The molecule has 2 heterocycles. The van der Waals surface area contributed by atoms with E-state index in [9.17, 15) is 9.90 Å². The number of imidazole rings is 1. The van der Waals surface area contributed by atoms with Gasteiger partial charge in [-0.15, -0.1) is 0 Å². The molecule has 2 unspecified atom stereocenters. The van der Waals surface area contributed by atoms with Gasteiger partial charge in [-0.1, -0.05) is 15.9 Å². The van der Waals surface area contributed by atoms with Crippen LogP contribution in [0.2, 0.25) is 0 Å². The van der Waals surface area contributed by atoms with E-state index in [2.05, 4.69) is 25.9 Å². The van der Waals surface area contributed by atoms with Gasteiger partial charge < -0.3 is 19.8 Å². The molecule has 5 nitrogen and oxygen atoms in total. The number of rotatable bonds is 2. The summed E-state index contributed by atoms with van der Waals surface area (Å²) >= 11 is 3.42. The number of halogens is 1. The van der Waals surface area contributed by atoms with Crippen molar-refractivity contribution in [1.82, 2.24) is 9.97 Å². The zero-order valence-corrected chi connectivity index (χ0v) is 11.2. The van der Waals surface area contributed by atoms with Crippen LogP contribution in [-0.2, 0) is 4.74 Å². The number of benzene rings is 1. The first kappa shape index (κ1) is 12.0. The largest absolute Gasteiger partial charge is 0.386 e. The van der Waals surface area contributed by atoms with Crippen molar-refractivity contribution in [3.05, 3.63) is 32.7 Å². The third-order valence-electron chi connectivity index (χ3n) is 3.27. The molecule has 0 radical (unpaired) electrons. The number of hydrogen-bond donors (Lipinski definition) is 3. The molecule has 1 aromatic heterocycles. The number of hydrogen-bond acceptors (Lipinski definition) is 3. The molecule has 0 spiro atoms. The lowest BCUT2D eigenvalue weighted by Crippen LogP contribution is -2.17. The second-order valence-electron chi connectivity index (χ2n) is 4.49. The molecule has 1 fully saturated rings. The van der Waals surface area contributed by atoms with Crippen LogP contribution in [0.1, 0.15) is 24.5 Å². The van der Waals surface area contributed by atoms with E-state index in [4.69, 9.17) is 4.74 Å². The lowest BCUT2D eigenvalue weighted by molar-refractivity contribution is -0.00287. The van der Waals surface area contributed by atoms with Gasteiger partial charge in [-0.05, 0) is 30.5 Å². The molecule has 3 rings (SSSR count). The van der Waals surface area contributed by atoms with Crippen LogP contribution in [0.4, 0.5) is 0 Å². The average molecular weight is 313 g/mol. The van der Waals surface area contributed by atoms with Crippen molar-refractivity contribution in [2.45, 2.75) is 25.0 Å². The Morgan fingerprint density at radius 2 is 2.11 bits per heavy atom. The third-order valence-corrected chi connectivity index (χ3v) is 3.96. The number of aliphatic hydroxyl groups is 1. The molecule has 1 saturated heterocycles. The minimum atomic E-state index is -0.676. The highest BCUT2D eigenvalue weighted by molar-refractivity contribution is 9.10. The van der Waals surface area contributed by atoms with E-state index in [-0.39, 0.29) is 11.8 Å². The van der Waals surface area contributed by atoms with Gasteiger partial charge in [0.1, 0.15) is 6.10 Å². The molecular formula is C12H13BrN2O3. The fraction of sp³-hybridized carbons (Fsp3) is 0.417. The minimum absolute atomic E-state index is 0.163. The number of ether oxygens (including phenoxy) is 1. The van der Waals surface area contributed by atoms with Crippen LogP contribution in [0.5, 0.6) is 0 Å². The fourth-order valence-electron chi connectivity index (χ4n) is 2.35. The number of H-pyrrole nitrogens is 2. The summed E-state index contributed by atoms with van der Waals surface area (Å²) < 4.78 is 6.26. The Hall–Kier alpha value is -1.11. The Kier molecular flexibility index (Phi) is 3.01. The van der Waals surface area contributed by atoms with Crippen molar-refractivity contribution in [2.24, 2.45) is 0 Å². The van der Waals surface area contributed by atoms with Gasteiger partial charge in [-0.3, -0.25) is 0 Å². The maximum Gasteiger partial charge on any atom is 0.323 e. The van der Waals surface area contributed by atoms with Crippen molar-refractivity contribution < 1.29 is 9.84 Å². The lowest BCUT2D eigenvalue weighted by atomic mass is 10.0. The molecule has 0 saturated carbocycles. The summed E-state index contributed by atoms with van der Waals surface area (Å²) in [4.78, 5) is 16.6. The van der Waals surface area contributed by atoms with E-state index in [0.717, 1.165) is 28.4 Å². The van der Waals surface area contributed by atoms with Crippen molar-refractivity contribution in [1.29, 1.82) is 0 Å². The predicted octanol–water partition coefficient (Wildman–Crippen LogP) is 1.83. The lowest BCUT2D eigenvalue weighted by Gasteiger charge is -2.19. The number of aromatic nitrogens is 2. The fourth-order valence-corrected chi connectivity index (χ4v) is 2.93. The number of aromatic amines is 2. The highest BCUT2D eigenvalue weighted by atomic mass is 79.9. The first-order valence-electron chi connectivity index (χ1n) is 5.86. The Bertz CT molecular complexity index is 628. The standard InChI is InChI=1S/C12H13BrN2O3/c13-7-5-9-8(14-12(17)15-9)4-6(7)11(16)10-2-1-3-18-10/h4-5,10-11,16H,1-3H2,(H2,14,15,17). The zero-order chi connectivity index (χ0) is 12.7. The van der Waals surface area contributed by atoms with Gasteiger partial charge in [0.2, 0.25) is 0 Å². The summed E-state index contributed by atoms with van der Waals surface area (Å²) in [6.07, 6.45) is 0.992. The van der Waals surface area contributed by atoms with Gasteiger partial charge in [-0.2, -0.15) is 0 Å². The molecule has 0 aliphatic carbocycles. The number of fused-ring (bicyclic) bond motifs is 1. The monoisotopic (exact) mass is 312 g/mol. The summed E-state index contributed by atoms with van der Waals surface area (Å²) in [5, 5.41) is 10.3. The maximum atomic E-state index is 11.2. The Morgan fingerprint density at radius 3 is 2.78 bits per heavy atom. The highest BCUT2D eigenvalue weighted by Gasteiger charge is 2.27. The molecular weight excluding hydrogens is 300 g/mol. The van der Waals surface area contributed by atoms with E-state index in [1.54, 1.807) is 12.1 Å². The Morgan fingerprint density at radius 1 is 1.39 bits per heavy atom. The van der Waals surface area contributed by atoms with E-state index < -0.39 is 6.10 Å². The number of nitrogens with one attached hydrogen (secondary N) is 2. The quantitative estimate of drug-likeness (QED) is 0.791. The van der Waals surface area contributed by atoms with Crippen LogP contribution in [0.15, 0.2) is 21.4 Å². The summed E-state index contributed by atoms with van der Waals surface area (Å²) in [5.41, 5.74) is 1.90. The Balaban J connectivity index is 2.04. The van der Waals surface area contributed by atoms with Gasteiger partial charge in [0.25, 0.3) is 0 Å². The first-order valence-corrected chi connectivity index (χ1v) is 6.65. The maximum absolute atomic E-state index is 11.2. The van der Waals surface area contributed by atoms with Crippen LogP contribution >= 0.6 is 15.9 Å². The van der Waals surface area contributed by atoms with Gasteiger partial charge in [0.15, 0.2) is 0 Å².